The molecule has 1 atom stereocenters. The number of rotatable bonds is 8. The SMILES string of the molecule is N#Cc1cc(C(=O)Nc2ccccc2)c(N)nc1SCC(=O)N[C@H](c1ccccc1)c1cccs1. The Kier molecular flexibility index (Phi) is 7.77. The minimum absolute atomic E-state index is 0.0129. The fraction of sp³-hybridized carbons (Fsp3) is 0.0769. The molecule has 2 aromatic carbocycles. The molecule has 2 heterocycles. The molecule has 0 aliphatic heterocycles. The van der Waals surface area contributed by atoms with Gasteiger partial charge in [0.2, 0.25) is 5.91 Å². The Morgan fingerprint density at radius 2 is 1.77 bits per heavy atom. The Hall–Kier alpha value is -4.13. The predicted molar refractivity (Wildman–Crippen MR) is 139 cm³/mol. The molecule has 35 heavy (non-hydrogen) atoms. The van der Waals surface area contributed by atoms with Gasteiger partial charge in [-0.25, -0.2) is 4.98 Å². The van der Waals surface area contributed by atoms with E-state index in [0.29, 0.717) is 10.7 Å². The van der Waals surface area contributed by atoms with E-state index in [2.05, 4.69) is 15.6 Å². The van der Waals surface area contributed by atoms with Crippen LogP contribution in [-0.2, 0) is 4.79 Å². The Labute approximate surface area is 211 Å². The molecule has 0 aliphatic rings. The summed E-state index contributed by atoms with van der Waals surface area (Å²) in [6.45, 7) is 0. The number of carbonyl (C=O) groups is 2. The summed E-state index contributed by atoms with van der Waals surface area (Å²) in [7, 11) is 0. The van der Waals surface area contributed by atoms with Crippen LogP contribution in [-0.4, -0.2) is 22.6 Å². The molecule has 4 N–H and O–H groups in total. The number of hydrogen-bond acceptors (Lipinski definition) is 7. The van der Waals surface area contributed by atoms with Gasteiger partial charge in [-0.05, 0) is 35.2 Å². The van der Waals surface area contributed by atoms with Gasteiger partial charge in [-0.1, -0.05) is 66.4 Å². The third kappa shape index (κ3) is 6.06. The van der Waals surface area contributed by atoms with Crippen molar-refractivity contribution in [2.75, 3.05) is 16.8 Å². The fourth-order valence-corrected chi connectivity index (χ4v) is 4.93. The summed E-state index contributed by atoms with van der Waals surface area (Å²) in [5.74, 6) is -0.659. The highest BCUT2D eigenvalue weighted by Gasteiger charge is 2.20. The number of nitrogens with two attached hydrogens (primary N) is 1. The number of nitrogens with zero attached hydrogens (tertiary/aromatic N) is 2. The first kappa shape index (κ1) is 24.0. The molecule has 7 nitrogen and oxygen atoms in total. The number of nitrogen functional groups attached to an aromatic ring is 1. The van der Waals surface area contributed by atoms with Crippen LogP contribution in [0, 0.1) is 11.3 Å². The van der Waals surface area contributed by atoms with Crippen molar-refractivity contribution in [2.45, 2.75) is 11.1 Å². The smallest absolute Gasteiger partial charge is 0.259 e. The average molecular weight is 500 g/mol. The number of amides is 2. The van der Waals surface area contributed by atoms with E-state index in [4.69, 9.17) is 5.73 Å². The maximum absolute atomic E-state index is 12.8. The minimum atomic E-state index is -0.464. The molecular weight excluding hydrogens is 478 g/mol. The van der Waals surface area contributed by atoms with E-state index in [1.165, 1.54) is 6.07 Å². The van der Waals surface area contributed by atoms with Crippen molar-refractivity contribution in [3.8, 4) is 6.07 Å². The zero-order chi connectivity index (χ0) is 24.6. The lowest BCUT2D eigenvalue weighted by atomic mass is 10.1. The van der Waals surface area contributed by atoms with Gasteiger partial charge in [-0.3, -0.25) is 9.59 Å². The van der Waals surface area contributed by atoms with E-state index in [9.17, 15) is 14.9 Å². The monoisotopic (exact) mass is 499 g/mol. The highest BCUT2D eigenvalue weighted by molar-refractivity contribution is 8.00. The Morgan fingerprint density at radius 1 is 1.06 bits per heavy atom. The molecule has 9 heteroatoms. The quantitative estimate of drug-likeness (QED) is 0.298. The maximum Gasteiger partial charge on any atom is 0.259 e. The molecule has 0 bridgehead atoms. The molecule has 2 amide bonds. The van der Waals surface area contributed by atoms with Crippen LogP contribution in [0.15, 0.2) is 89.3 Å². The Bertz CT molecular complexity index is 1350. The second-order valence-electron chi connectivity index (χ2n) is 7.42. The van der Waals surface area contributed by atoms with E-state index in [0.717, 1.165) is 22.2 Å². The number of carbonyl (C=O) groups excluding carboxylic acids is 2. The van der Waals surface area contributed by atoms with E-state index in [1.807, 2.05) is 60.0 Å². The van der Waals surface area contributed by atoms with Crippen molar-refractivity contribution in [2.24, 2.45) is 0 Å². The number of benzene rings is 2. The molecule has 0 aliphatic carbocycles. The van der Waals surface area contributed by atoms with Crippen molar-refractivity contribution in [3.05, 3.63) is 106 Å². The number of aromatic nitrogens is 1. The number of thioether (sulfide) groups is 1. The summed E-state index contributed by atoms with van der Waals surface area (Å²) >= 11 is 2.66. The van der Waals surface area contributed by atoms with Crippen LogP contribution in [0.2, 0.25) is 0 Å². The largest absolute Gasteiger partial charge is 0.383 e. The van der Waals surface area contributed by atoms with Crippen molar-refractivity contribution < 1.29 is 9.59 Å². The zero-order valence-corrected chi connectivity index (χ0v) is 20.1. The number of hydrogen-bond donors (Lipinski definition) is 3. The lowest BCUT2D eigenvalue weighted by molar-refractivity contribution is -0.119. The number of para-hydroxylation sites is 1. The van der Waals surface area contributed by atoms with Gasteiger partial charge in [0.05, 0.1) is 22.9 Å². The predicted octanol–water partition coefficient (Wildman–Crippen LogP) is 4.85. The van der Waals surface area contributed by atoms with Crippen LogP contribution in [0.4, 0.5) is 11.5 Å². The van der Waals surface area contributed by atoms with Gasteiger partial charge in [-0.15, -0.1) is 11.3 Å². The number of nitrogens with one attached hydrogen (secondary N) is 2. The lowest BCUT2D eigenvalue weighted by Gasteiger charge is -2.18. The maximum atomic E-state index is 12.8. The highest BCUT2D eigenvalue weighted by atomic mass is 32.2. The van der Waals surface area contributed by atoms with Crippen LogP contribution in [0.1, 0.15) is 32.4 Å². The highest BCUT2D eigenvalue weighted by Crippen LogP contribution is 2.28. The van der Waals surface area contributed by atoms with Crippen LogP contribution >= 0.6 is 23.1 Å². The van der Waals surface area contributed by atoms with E-state index in [-0.39, 0.29) is 34.6 Å². The molecule has 0 saturated heterocycles. The molecule has 0 spiro atoms. The van der Waals surface area contributed by atoms with Gasteiger partial charge >= 0.3 is 0 Å². The van der Waals surface area contributed by atoms with Gasteiger partial charge in [0.25, 0.3) is 5.91 Å². The average Bonchev–Trinajstić information content (AvgIpc) is 3.42. The number of anilines is 2. The fourth-order valence-electron chi connectivity index (χ4n) is 3.36. The van der Waals surface area contributed by atoms with Crippen LogP contribution in [0.3, 0.4) is 0 Å². The zero-order valence-electron chi connectivity index (χ0n) is 18.5. The first-order chi connectivity index (χ1) is 17.0. The molecule has 0 radical (unpaired) electrons. The standard InChI is InChI=1S/C26H21N5O2S2/c27-15-18-14-20(25(33)29-19-10-5-2-6-11-19)24(28)31-26(18)35-16-22(32)30-23(21-12-7-13-34-21)17-8-3-1-4-9-17/h1-14,23H,16H2,(H2,28,31)(H,29,33)(H,30,32)/t23-/m1/s1. The number of nitriles is 1. The van der Waals surface area contributed by atoms with Crippen LogP contribution < -0.4 is 16.4 Å². The molecule has 0 fully saturated rings. The number of thiophene rings is 1. The van der Waals surface area contributed by atoms with Crippen molar-refractivity contribution in [1.82, 2.24) is 10.3 Å². The Balaban J connectivity index is 1.46. The van der Waals surface area contributed by atoms with Crippen molar-refractivity contribution in [3.63, 3.8) is 0 Å². The van der Waals surface area contributed by atoms with E-state index < -0.39 is 5.91 Å². The van der Waals surface area contributed by atoms with E-state index in [1.54, 1.807) is 35.6 Å². The van der Waals surface area contributed by atoms with Gasteiger partial charge < -0.3 is 16.4 Å². The molecule has 0 unspecified atom stereocenters. The molecule has 4 aromatic rings. The van der Waals surface area contributed by atoms with Crippen LogP contribution in [0.5, 0.6) is 0 Å². The second kappa shape index (κ2) is 11.3. The summed E-state index contributed by atoms with van der Waals surface area (Å²) < 4.78 is 0. The summed E-state index contributed by atoms with van der Waals surface area (Å²) in [6.07, 6.45) is 0. The lowest BCUT2D eigenvalue weighted by Crippen LogP contribution is -2.30. The van der Waals surface area contributed by atoms with Crippen molar-refractivity contribution in [1.29, 1.82) is 5.26 Å². The van der Waals surface area contributed by atoms with Gasteiger partial charge in [0, 0.05) is 10.6 Å². The first-order valence-electron chi connectivity index (χ1n) is 10.6. The third-order valence-corrected chi connectivity index (χ3v) is 6.95. The second-order valence-corrected chi connectivity index (χ2v) is 9.36. The summed E-state index contributed by atoms with van der Waals surface area (Å²) in [5.41, 5.74) is 7.88. The van der Waals surface area contributed by atoms with Gasteiger partial charge in [-0.2, -0.15) is 5.26 Å². The first-order valence-corrected chi connectivity index (χ1v) is 12.5. The normalized spacial score (nSPS) is 11.3. The molecule has 4 rings (SSSR count). The number of pyridine rings is 1. The third-order valence-electron chi connectivity index (χ3n) is 5.02. The Morgan fingerprint density at radius 3 is 2.43 bits per heavy atom. The summed E-state index contributed by atoms with van der Waals surface area (Å²) in [4.78, 5) is 30.7. The molecule has 2 aromatic heterocycles. The van der Waals surface area contributed by atoms with Crippen molar-refractivity contribution >= 4 is 46.4 Å². The summed E-state index contributed by atoms with van der Waals surface area (Å²) in [6, 6.07) is 25.7. The van der Waals surface area contributed by atoms with Gasteiger partial charge in [0.1, 0.15) is 16.9 Å². The molecular formula is C26H21N5O2S2. The minimum Gasteiger partial charge on any atom is -0.383 e. The summed E-state index contributed by atoms with van der Waals surface area (Å²) in [5, 5.41) is 17.7. The topological polar surface area (TPSA) is 121 Å². The molecule has 0 saturated carbocycles. The van der Waals surface area contributed by atoms with Gasteiger partial charge in [0.15, 0.2) is 0 Å². The molecule has 174 valence electrons. The van der Waals surface area contributed by atoms with Crippen LogP contribution in [0.25, 0.3) is 0 Å². The van der Waals surface area contributed by atoms with E-state index >= 15 is 0 Å².